The summed E-state index contributed by atoms with van der Waals surface area (Å²) in [4.78, 5) is 23.9. The summed E-state index contributed by atoms with van der Waals surface area (Å²) in [5.74, 6) is -2.12. The van der Waals surface area contributed by atoms with Crippen molar-refractivity contribution in [1.29, 1.82) is 0 Å². The molecule has 0 radical (unpaired) electrons. The third-order valence-electron chi connectivity index (χ3n) is 3.86. The normalized spacial score (nSPS) is 20.6. The number of aliphatic carboxylic acids is 1. The van der Waals surface area contributed by atoms with E-state index in [4.69, 9.17) is 0 Å². The van der Waals surface area contributed by atoms with Crippen LogP contribution in [0.2, 0.25) is 0 Å². The average molecular weight is 291 g/mol. The molecule has 1 aromatic rings. The van der Waals surface area contributed by atoms with E-state index in [-0.39, 0.29) is 11.8 Å². The molecule has 2 unspecified atom stereocenters. The molecule has 2 atom stereocenters. The quantitative estimate of drug-likeness (QED) is 0.838. The third kappa shape index (κ3) is 3.29. The zero-order valence-corrected chi connectivity index (χ0v) is 11.8. The summed E-state index contributed by atoms with van der Waals surface area (Å²) in [6.07, 6.45) is 6.09. The van der Waals surface area contributed by atoms with Crippen LogP contribution < -0.4 is 5.32 Å². The molecular formula is C16H18FNO3. The molecular weight excluding hydrogens is 273 g/mol. The maximum Gasteiger partial charge on any atom is 0.333 e. The van der Waals surface area contributed by atoms with Crippen molar-refractivity contribution in [3.05, 3.63) is 47.8 Å². The van der Waals surface area contributed by atoms with Gasteiger partial charge < -0.3 is 10.4 Å². The van der Waals surface area contributed by atoms with E-state index in [0.29, 0.717) is 18.4 Å². The molecule has 0 saturated heterocycles. The lowest BCUT2D eigenvalue weighted by molar-refractivity contribution is -0.148. The molecule has 0 heterocycles. The Morgan fingerprint density at radius 2 is 1.95 bits per heavy atom. The van der Waals surface area contributed by atoms with E-state index in [1.165, 1.54) is 31.2 Å². The monoisotopic (exact) mass is 291 g/mol. The topological polar surface area (TPSA) is 66.4 Å². The third-order valence-corrected chi connectivity index (χ3v) is 3.86. The molecule has 0 spiro atoms. The van der Waals surface area contributed by atoms with Crippen molar-refractivity contribution < 1.29 is 19.1 Å². The number of carboxylic acid groups (broad SMARTS) is 1. The van der Waals surface area contributed by atoms with Crippen LogP contribution in [0, 0.1) is 11.7 Å². The highest BCUT2D eigenvalue weighted by atomic mass is 19.1. The van der Waals surface area contributed by atoms with Crippen LogP contribution in [0.25, 0.3) is 0 Å². The lowest BCUT2D eigenvalue weighted by Gasteiger charge is -2.29. The molecule has 2 N–H and O–H groups in total. The predicted molar refractivity (Wildman–Crippen MR) is 76.0 cm³/mol. The second-order valence-electron chi connectivity index (χ2n) is 5.41. The highest BCUT2D eigenvalue weighted by Crippen LogP contribution is 2.25. The molecule has 0 fully saturated rings. The molecule has 0 saturated carbocycles. The van der Waals surface area contributed by atoms with Crippen molar-refractivity contribution in [2.75, 3.05) is 0 Å². The number of carbonyl (C=O) groups is 2. The van der Waals surface area contributed by atoms with Gasteiger partial charge in [-0.3, -0.25) is 4.79 Å². The number of benzene rings is 1. The van der Waals surface area contributed by atoms with Crippen molar-refractivity contribution in [1.82, 2.24) is 5.32 Å². The summed E-state index contributed by atoms with van der Waals surface area (Å²) in [5, 5.41) is 12.1. The Bertz CT molecular complexity index is 567. The Morgan fingerprint density at radius 3 is 2.48 bits per heavy atom. The first-order valence-electron chi connectivity index (χ1n) is 6.90. The van der Waals surface area contributed by atoms with Crippen LogP contribution in [0.15, 0.2) is 36.4 Å². The second kappa shape index (κ2) is 6.08. The largest absolute Gasteiger partial charge is 0.479 e. The number of carbonyl (C=O) groups excluding carboxylic acids is 1. The molecule has 4 nitrogen and oxygen atoms in total. The molecule has 5 heteroatoms. The summed E-state index contributed by atoms with van der Waals surface area (Å²) < 4.78 is 13.0. The lowest BCUT2D eigenvalue weighted by atomic mass is 9.88. The van der Waals surface area contributed by atoms with Gasteiger partial charge in [-0.2, -0.15) is 0 Å². The number of hydrogen-bond acceptors (Lipinski definition) is 2. The number of allylic oxidation sites excluding steroid dienone is 2. The number of nitrogens with one attached hydrogen (secondary N) is 1. The number of hydrogen-bond donors (Lipinski definition) is 2. The predicted octanol–water partition coefficient (Wildman–Crippen LogP) is 2.60. The van der Waals surface area contributed by atoms with Crippen LogP contribution in [0.5, 0.6) is 0 Å². The molecule has 0 aliphatic heterocycles. The fourth-order valence-electron chi connectivity index (χ4n) is 2.41. The van der Waals surface area contributed by atoms with Gasteiger partial charge in [0.2, 0.25) is 5.91 Å². The molecule has 21 heavy (non-hydrogen) atoms. The van der Waals surface area contributed by atoms with Gasteiger partial charge in [0.1, 0.15) is 5.82 Å². The Hall–Kier alpha value is -2.17. The van der Waals surface area contributed by atoms with Crippen molar-refractivity contribution in [3.63, 3.8) is 0 Å². The summed E-state index contributed by atoms with van der Waals surface area (Å²) in [7, 11) is 0. The van der Waals surface area contributed by atoms with Crippen molar-refractivity contribution in [3.8, 4) is 0 Å². The van der Waals surface area contributed by atoms with Gasteiger partial charge in [-0.25, -0.2) is 9.18 Å². The van der Waals surface area contributed by atoms with E-state index < -0.39 is 17.3 Å². The van der Waals surface area contributed by atoms with Gasteiger partial charge in [0, 0.05) is 5.92 Å². The van der Waals surface area contributed by atoms with Crippen LogP contribution in [0.3, 0.4) is 0 Å². The summed E-state index contributed by atoms with van der Waals surface area (Å²) in [5.41, 5.74) is -1.22. The minimum absolute atomic E-state index is 0.214. The molecule has 112 valence electrons. The van der Waals surface area contributed by atoms with Crippen LogP contribution in [0.4, 0.5) is 4.39 Å². The second-order valence-corrected chi connectivity index (χ2v) is 5.41. The zero-order valence-electron chi connectivity index (χ0n) is 11.8. The number of rotatable bonds is 4. The number of halogens is 1. The Balaban J connectivity index is 2.22. The number of amides is 1. The van der Waals surface area contributed by atoms with E-state index in [2.05, 4.69) is 5.32 Å². The van der Waals surface area contributed by atoms with Crippen molar-refractivity contribution >= 4 is 11.9 Å². The molecule has 2 rings (SSSR count). The van der Waals surface area contributed by atoms with Crippen molar-refractivity contribution in [2.24, 2.45) is 5.92 Å². The molecule has 0 bridgehead atoms. The standard InChI is InChI=1S/C16H18FNO3/c1-16(15(20)21,12-7-9-13(17)10-8-12)18-14(19)11-5-3-2-4-6-11/h2-3,7-11H,4-6H2,1H3,(H,18,19)(H,20,21). The van der Waals surface area contributed by atoms with Crippen molar-refractivity contribution in [2.45, 2.75) is 31.7 Å². The zero-order chi connectivity index (χ0) is 15.5. The Morgan fingerprint density at radius 1 is 1.29 bits per heavy atom. The van der Waals surface area contributed by atoms with Crippen LogP contribution in [-0.4, -0.2) is 17.0 Å². The molecule has 1 aliphatic rings. The summed E-state index contributed by atoms with van der Waals surface area (Å²) in [6, 6.07) is 5.13. The van der Waals surface area contributed by atoms with Gasteiger partial charge in [-0.05, 0) is 43.9 Å². The average Bonchev–Trinajstić information content (AvgIpc) is 2.48. The molecule has 0 aromatic heterocycles. The fourth-order valence-corrected chi connectivity index (χ4v) is 2.41. The van der Waals surface area contributed by atoms with Gasteiger partial charge in [0.15, 0.2) is 5.54 Å². The first-order chi connectivity index (χ1) is 9.93. The molecule has 1 aliphatic carbocycles. The Labute approximate surface area is 122 Å². The first kappa shape index (κ1) is 15.2. The summed E-state index contributed by atoms with van der Waals surface area (Å²) in [6.45, 7) is 1.42. The van der Waals surface area contributed by atoms with Crippen LogP contribution in [0.1, 0.15) is 31.7 Å². The van der Waals surface area contributed by atoms with E-state index in [1.807, 2.05) is 12.2 Å². The highest BCUT2D eigenvalue weighted by Gasteiger charge is 2.38. The van der Waals surface area contributed by atoms with Crippen LogP contribution in [-0.2, 0) is 15.1 Å². The minimum atomic E-state index is -1.56. The SMILES string of the molecule is CC(NC(=O)C1CC=CCC1)(C(=O)O)c1ccc(F)cc1. The van der Waals surface area contributed by atoms with Crippen LogP contribution >= 0.6 is 0 Å². The molecule has 1 amide bonds. The highest BCUT2D eigenvalue weighted by molar-refractivity contribution is 5.88. The minimum Gasteiger partial charge on any atom is -0.479 e. The molecule has 1 aromatic carbocycles. The van der Waals surface area contributed by atoms with Gasteiger partial charge in [0.25, 0.3) is 0 Å². The number of carboxylic acids is 1. The maximum atomic E-state index is 13.0. The fraction of sp³-hybridized carbons (Fsp3) is 0.375. The van der Waals surface area contributed by atoms with E-state index >= 15 is 0 Å². The van der Waals surface area contributed by atoms with E-state index in [1.54, 1.807) is 0 Å². The van der Waals surface area contributed by atoms with Gasteiger partial charge in [-0.15, -0.1) is 0 Å². The lowest BCUT2D eigenvalue weighted by Crippen LogP contribution is -2.51. The first-order valence-corrected chi connectivity index (χ1v) is 6.90. The van der Waals surface area contributed by atoms with Gasteiger partial charge in [-0.1, -0.05) is 24.3 Å². The van der Waals surface area contributed by atoms with E-state index in [9.17, 15) is 19.1 Å². The Kier molecular flexibility index (Phi) is 4.40. The van der Waals surface area contributed by atoms with E-state index in [0.717, 1.165) is 6.42 Å². The summed E-state index contributed by atoms with van der Waals surface area (Å²) >= 11 is 0. The smallest absolute Gasteiger partial charge is 0.333 e. The van der Waals surface area contributed by atoms with Gasteiger partial charge >= 0.3 is 5.97 Å². The maximum absolute atomic E-state index is 13.0. The van der Waals surface area contributed by atoms with Gasteiger partial charge in [0.05, 0.1) is 0 Å².